The van der Waals surface area contributed by atoms with Crippen molar-refractivity contribution < 1.29 is 14.6 Å². The van der Waals surface area contributed by atoms with Crippen LogP contribution in [0.2, 0.25) is 0 Å². The third-order valence-corrected chi connectivity index (χ3v) is 3.73. The molecule has 2 N–H and O–H groups in total. The molecule has 2 unspecified atom stereocenters. The van der Waals surface area contributed by atoms with Crippen molar-refractivity contribution in [2.75, 3.05) is 19.8 Å². The van der Waals surface area contributed by atoms with Gasteiger partial charge in [-0.05, 0) is 37.5 Å². The van der Waals surface area contributed by atoms with Crippen molar-refractivity contribution in [2.24, 2.45) is 0 Å². The fourth-order valence-corrected chi connectivity index (χ4v) is 2.46. The van der Waals surface area contributed by atoms with Crippen LogP contribution in [0.25, 0.3) is 0 Å². The summed E-state index contributed by atoms with van der Waals surface area (Å²) in [6.07, 6.45) is 2.72. The number of benzene rings is 1. The molecular formula is C16H25NO3. The third-order valence-electron chi connectivity index (χ3n) is 3.73. The average Bonchev–Trinajstić information content (AvgIpc) is 2.71. The quantitative estimate of drug-likeness (QED) is 0.840. The molecule has 2 atom stereocenters. The van der Waals surface area contributed by atoms with E-state index in [1.54, 1.807) is 0 Å². The summed E-state index contributed by atoms with van der Waals surface area (Å²) in [5.74, 6) is 1.67. The van der Waals surface area contributed by atoms with Gasteiger partial charge in [-0.15, -0.1) is 0 Å². The maximum atomic E-state index is 9.06. The summed E-state index contributed by atoms with van der Waals surface area (Å²) in [6, 6.07) is 6.69. The molecule has 1 aromatic rings. The molecular weight excluding hydrogens is 254 g/mol. The number of aliphatic hydroxyl groups is 1. The van der Waals surface area contributed by atoms with E-state index < -0.39 is 0 Å². The Kier molecular flexibility index (Phi) is 5.68. The lowest BCUT2D eigenvalue weighted by molar-refractivity contribution is 0.257. The Bertz CT molecular complexity index is 422. The van der Waals surface area contributed by atoms with Gasteiger partial charge in [0.05, 0.1) is 13.2 Å². The van der Waals surface area contributed by atoms with Crippen molar-refractivity contribution in [3.8, 4) is 11.5 Å². The molecule has 0 saturated heterocycles. The SMILES string of the molecule is CCC(CCO)NC(C)c1ccc2c(c1)OCCCO2. The molecule has 0 aromatic heterocycles. The van der Waals surface area contributed by atoms with Gasteiger partial charge in [0.2, 0.25) is 0 Å². The third kappa shape index (κ3) is 3.87. The van der Waals surface area contributed by atoms with Crippen LogP contribution in [0.5, 0.6) is 11.5 Å². The van der Waals surface area contributed by atoms with Gasteiger partial charge in [0, 0.05) is 25.1 Å². The van der Waals surface area contributed by atoms with Crippen molar-refractivity contribution in [3.05, 3.63) is 23.8 Å². The highest BCUT2D eigenvalue weighted by Crippen LogP contribution is 2.32. The van der Waals surface area contributed by atoms with Gasteiger partial charge >= 0.3 is 0 Å². The molecule has 0 aliphatic carbocycles. The largest absolute Gasteiger partial charge is 0.490 e. The van der Waals surface area contributed by atoms with Crippen LogP contribution in [0.15, 0.2) is 18.2 Å². The van der Waals surface area contributed by atoms with E-state index in [1.807, 2.05) is 6.07 Å². The van der Waals surface area contributed by atoms with Crippen LogP contribution >= 0.6 is 0 Å². The molecule has 0 saturated carbocycles. The number of hydrogen-bond acceptors (Lipinski definition) is 4. The molecule has 0 fully saturated rings. The Morgan fingerprint density at radius 1 is 1.25 bits per heavy atom. The Morgan fingerprint density at radius 3 is 2.70 bits per heavy atom. The molecule has 2 rings (SSSR count). The first-order valence-corrected chi connectivity index (χ1v) is 7.51. The van der Waals surface area contributed by atoms with Crippen molar-refractivity contribution in [1.29, 1.82) is 0 Å². The highest BCUT2D eigenvalue weighted by atomic mass is 16.5. The fourth-order valence-electron chi connectivity index (χ4n) is 2.46. The smallest absolute Gasteiger partial charge is 0.161 e. The van der Waals surface area contributed by atoms with Gasteiger partial charge in [-0.25, -0.2) is 0 Å². The second-order valence-electron chi connectivity index (χ2n) is 5.26. The van der Waals surface area contributed by atoms with Crippen molar-refractivity contribution in [2.45, 2.75) is 45.2 Å². The molecule has 0 spiro atoms. The van der Waals surface area contributed by atoms with Crippen LogP contribution in [0.1, 0.15) is 44.7 Å². The average molecular weight is 279 g/mol. The first-order valence-electron chi connectivity index (χ1n) is 7.51. The Morgan fingerprint density at radius 2 is 2.00 bits per heavy atom. The lowest BCUT2D eigenvalue weighted by Gasteiger charge is -2.22. The molecule has 4 nitrogen and oxygen atoms in total. The summed E-state index contributed by atoms with van der Waals surface area (Å²) in [4.78, 5) is 0. The highest BCUT2D eigenvalue weighted by Gasteiger charge is 2.15. The minimum Gasteiger partial charge on any atom is -0.490 e. The molecule has 112 valence electrons. The van der Waals surface area contributed by atoms with Gasteiger partial charge in [0.15, 0.2) is 11.5 Å². The minimum atomic E-state index is 0.222. The summed E-state index contributed by atoms with van der Waals surface area (Å²) >= 11 is 0. The summed E-state index contributed by atoms with van der Waals surface area (Å²) in [5, 5.41) is 12.6. The lowest BCUT2D eigenvalue weighted by Crippen LogP contribution is -2.31. The maximum absolute atomic E-state index is 9.06. The van der Waals surface area contributed by atoms with Crippen LogP contribution in [0, 0.1) is 0 Å². The zero-order valence-electron chi connectivity index (χ0n) is 12.4. The first kappa shape index (κ1) is 15.1. The number of nitrogens with one attached hydrogen (secondary N) is 1. The predicted octanol–water partition coefficient (Wildman–Crippen LogP) is 2.66. The minimum absolute atomic E-state index is 0.222. The van der Waals surface area contributed by atoms with Gasteiger partial charge in [-0.1, -0.05) is 13.0 Å². The van der Waals surface area contributed by atoms with Crippen molar-refractivity contribution >= 4 is 0 Å². The van der Waals surface area contributed by atoms with E-state index in [9.17, 15) is 0 Å². The summed E-state index contributed by atoms with van der Waals surface area (Å²) in [7, 11) is 0. The Labute approximate surface area is 121 Å². The van der Waals surface area contributed by atoms with E-state index in [0.717, 1.165) is 30.8 Å². The van der Waals surface area contributed by atoms with Gasteiger partial charge < -0.3 is 19.9 Å². The van der Waals surface area contributed by atoms with Crippen LogP contribution in [0.3, 0.4) is 0 Å². The molecule has 20 heavy (non-hydrogen) atoms. The molecule has 1 aliphatic heterocycles. The molecule has 4 heteroatoms. The van der Waals surface area contributed by atoms with Crippen LogP contribution in [-0.2, 0) is 0 Å². The van der Waals surface area contributed by atoms with E-state index in [4.69, 9.17) is 14.6 Å². The molecule has 1 heterocycles. The standard InChI is InChI=1S/C16H25NO3/c1-3-14(7-8-18)17-12(2)13-5-6-15-16(11-13)20-10-4-9-19-15/h5-6,11-12,14,17-18H,3-4,7-10H2,1-2H3. The number of aliphatic hydroxyl groups excluding tert-OH is 1. The number of rotatable bonds is 6. The van der Waals surface area contributed by atoms with Gasteiger partial charge in [0.25, 0.3) is 0 Å². The van der Waals surface area contributed by atoms with Gasteiger partial charge in [-0.3, -0.25) is 0 Å². The van der Waals surface area contributed by atoms with Gasteiger partial charge in [-0.2, -0.15) is 0 Å². The molecule has 1 aromatic carbocycles. The van der Waals surface area contributed by atoms with Crippen LogP contribution in [-0.4, -0.2) is 31.0 Å². The first-order chi connectivity index (χ1) is 9.74. The number of ether oxygens (including phenoxy) is 2. The monoisotopic (exact) mass is 279 g/mol. The van der Waals surface area contributed by atoms with E-state index in [2.05, 4.69) is 31.3 Å². The lowest BCUT2D eigenvalue weighted by atomic mass is 10.0. The summed E-state index contributed by atoms with van der Waals surface area (Å²) in [6.45, 7) is 5.92. The molecule has 1 aliphatic rings. The summed E-state index contributed by atoms with van der Waals surface area (Å²) < 4.78 is 11.4. The zero-order valence-corrected chi connectivity index (χ0v) is 12.4. The predicted molar refractivity (Wildman–Crippen MR) is 79.4 cm³/mol. The fraction of sp³-hybridized carbons (Fsp3) is 0.625. The summed E-state index contributed by atoms with van der Waals surface area (Å²) in [5.41, 5.74) is 1.19. The Balaban J connectivity index is 2.06. The van der Waals surface area contributed by atoms with Crippen molar-refractivity contribution in [1.82, 2.24) is 5.32 Å². The second kappa shape index (κ2) is 7.50. The molecule has 0 radical (unpaired) electrons. The van der Waals surface area contributed by atoms with Crippen LogP contribution in [0.4, 0.5) is 0 Å². The second-order valence-corrected chi connectivity index (χ2v) is 5.26. The van der Waals surface area contributed by atoms with Crippen molar-refractivity contribution in [3.63, 3.8) is 0 Å². The normalized spacial score (nSPS) is 17.4. The number of hydrogen-bond donors (Lipinski definition) is 2. The van der Waals surface area contributed by atoms with E-state index >= 15 is 0 Å². The number of fused-ring (bicyclic) bond motifs is 1. The topological polar surface area (TPSA) is 50.7 Å². The van der Waals surface area contributed by atoms with E-state index in [-0.39, 0.29) is 12.6 Å². The van der Waals surface area contributed by atoms with Crippen LogP contribution < -0.4 is 14.8 Å². The van der Waals surface area contributed by atoms with E-state index in [0.29, 0.717) is 19.3 Å². The molecule has 0 amide bonds. The highest BCUT2D eigenvalue weighted by molar-refractivity contribution is 5.44. The zero-order chi connectivity index (χ0) is 14.4. The molecule has 0 bridgehead atoms. The maximum Gasteiger partial charge on any atom is 0.161 e. The van der Waals surface area contributed by atoms with Gasteiger partial charge in [0.1, 0.15) is 0 Å². The van der Waals surface area contributed by atoms with E-state index in [1.165, 1.54) is 5.56 Å². The Hall–Kier alpha value is -1.26.